The van der Waals surface area contributed by atoms with Gasteiger partial charge in [0, 0.05) is 25.8 Å². The number of hydrogen-bond donors (Lipinski definition) is 1. The number of halogens is 1. The van der Waals surface area contributed by atoms with Gasteiger partial charge in [-0.2, -0.15) is 0 Å². The molecule has 2 heterocycles. The molecule has 0 saturated carbocycles. The Morgan fingerprint density at radius 3 is 2.95 bits per heavy atom. The molecular weight excluding hydrogens is 274 g/mol. The maximum Gasteiger partial charge on any atom is 0.255 e. The predicted octanol–water partition coefficient (Wildman–Crippen LogP) is 3.43. The first-order valence-electron chi connectivity index (χ1n) is 7.11. The molecule has 1 aliphatic heterocycles. The van der Waals surface area contributed by atoms with Gasteiger partial charge in [-0.05, 0) is 31.2 Å². The van der Waals surface area contributed by atoms with Gasteiger partial charge >= 0.3 is 0 Å². The number of piperidine rings is 1. The number of pyridine rings is 1. The highest BCUT2D eigenvalue weighted by molar-refractivity contribution is 6.33. The molecule has 5 heteroatoms. The number of hydrogen-bond acceptors (Lipinski definition) is 3. The summed E-state index contributed by atoms with van der Waals surface area (Å²) < 4.78 is 0. The lowest BCUT2D eigenvalue weighted by Crippen LogP contribution is -2.43. The van der Waals surface area contributed by atoms with E-state index in [0.717, 1.165) is 32.5 Å². The highest BCUT2D eigenvalue weighted by Crippen LogP contribution is 2.30. The third kappa shape index (κ3) is 3.42. The van der Waals surface area contributed by atoms with Crippen molar-refractivity contribution in [3.05, 3.63) is 22.8 Å². The molecule has 0 radical (unpaired) electrons. The Balaban J connectivity index is 2.21. The second-order valence-electron chi connectivity index (χ2n) is 6.07. The molecule has 20 heavy (non-hydrogen) atoms. The molecule has 1 N–H and O–H groups in total. The molecule has 1 amide bonds. The topological polar surface area (TPSA) is 45.2 Å². The Morgan fingerprint density at radius 2 is 2.30 bits per heavy atom. The number of nitrogens with zero attached hydrogens (tertiary/aromatic N) is 2. The fourth-order valence-electron chi connectivity index (χ4n) is 2.65. The van der Waals surface area contributed by atoms with Crippen molar-refractivity contribution in [2.45, 2.75) is 33.6 Å². The quantitative estimate of drug-likeness (QED) is 0.929. The van der Waals surface area contributed by atoms with Crippen molar-refractivity contribution in [3.8, 4) is 0 Å². The molecule has 1 saturated heterocycles. The van der Waals surface area contributed by atoms with Gasteiger partial charge in [0.2, 0.25) is 0 Å². The Kier molecular flexibility index (Phi) is 4.53. The normalized spacial score (nSPS) is 17.9. The second kappa shape index (κ2) is 6.00. The van der Waals surface area contributed by atoms with Crippen LogP contribution in [0.25, 0.3) is 0 Å². The molecule has 1 aromatic rings. The van der Waals surface area contributed by atoms with Crippen LogP contribution in [0.15, 0.2) is 12.3 Å². The molecule has 0 bridgehead atoms. The molecule has 1 aliphatic rings. The maximum atomic E-state index is 12.7. The van der Waals surface area contributed by atoms with E-state index in [0.29, 0.717) is 16.4 Å². The third-order valence-electron chi connectivity index (χ3n) is 3.63. The minimum Gasteiger partial charge on any atom is -0.370 e. The molecule has 2 rings (SSSR count). The van der Waals surface area contributed by atoms with Crippen molar-refractivity contribution in [1.29, 1.82) is 0 Å². The Hall–Kier alpha value is -1.29. The van der Waals surface area contributed by atoms with E-state index < -0.39 is 0 Å². The zero-order chi connectivity index (χ0) is 14.8. The van der Waals surface area contributed by atoms with E-state index in [1.165, 1.54) is 0 Å². The number of likely N-dealkylation sites (tertiary alicyclic amines) is 1. The zero-order valence-corrected chi connectivity index (χ0v) is 13.1. The van der Waals surface area contributed by atoms with E-state index in [4.69, 9.17) is 11.6 Å². The lowest BCUT2D eigenvalue weighted by atomic mass is 9.84. The molecule has 1 aromatic heterocycles. The van der Waals surface area contributed by atoms with E-state index in [-0.39, 0.29) is 11.3 Å². The predicted molar refractivity (Wildman–Crippen MR) is 82.3 cm³/mol. The first kappa shape index (κ1) is 15.1. The van der Waals surface area contributed by atoms with Crippen LogP contribution >= 0.6 is 11.6 Å². The highest BCUT2D eigenvalue weighted by Gasteiger charge is 2.30. The summed E-state index contributed by atoms with van der Waals surface area (Å²) in [6.45, 7) is 8.73. The number of amides is 1. The van der Waals surface area contributed by atoms with Crippen LogP contribution in [0, 0.1) is 5.41 Å². The fraction of sp³-hybridized carbons (Fsp3) is 0.600. The van der Waals surface area contributed by atoms with Gasteiger partial charge in [0.15, 0.2) is 0 Å². The van der Waals surface area contributed by atoms with Crippen molar-refractivity contribution in [2.24, 2.45) is 5.41 Å². The zero-order valence-electron chi connectivity index (χ0n) is 12.4. The number of rotatable bonds is 3. The van der Waals surface area contributed by atoms with Crippen LogP contribution in [-0.2, 0) is 0 Å². The van der Waals surface area contributed by atoms with Crippen LogP contribution < -0.4 is 5.32 Å². The van der Waals surface area contributed by atoms with Crippen molar-refractivity contribution in [3.63, 3.8) is 0 Å². The molecule has 0 aliphatic carbocycles. The number of nitrogens with one attached hydrogen (secondary N) is 1. The molecule has 110 valence electrons. The van der Waals surface area contributed by atoms with Crippen molar-refractivity contribution < 1.29 is 4.79 Å². The van der Waals surface area contributed by atoms with Crippen LogP contribution in [0.1, 0.15) is 44.0 Å². The third-order valence-corrected chi connectivity index (χ3v) is 3.93. The first-order chi connectivity index (χ1) is 9.43. The molecular formula is C15H22ClN3O. The van der Waals surface area contributed by atoms with Gasteiger partial charge < -0.3 is 10.2 Å². The summed E-state index contributed by atoms with van der Waals surface area (Å²) in [5.74, 6) is 0.695. The van der Waals surface area contributed by atoms with Gasteiger partial charge in [0.25, 0.3) is 5.91 Å². The summed E-state index contributed by atoms with van der Waals surface area (Å²) in [6, 6.07) is 1.75. The summed E-state index contributed by atoms with van der Waals surface area (Å²) in [7, 11) is 0. The van der Waals surface area contributed by atoms with Crippen molar-refractivity contribution in [2.75, 3.05) is 25.0 Å². The number of carbonyl (C=O) groups is 1. The van der Waals surface area contributed by atoms with Gasteiger partial charge in [-0.3, -0.25) is 4.79 Å². The summed E-state index contributed by atoms with van der Waals surface area (Å²) in [6.07, 6.45) is 3.74. The Bertz CT molecular complexity index is 502. The largest absolute Gasteiger partial charge is 0.370 e. The molecule has 0 unspecified atom stereocenters. The van der Waals surface area contributed by atoms with Crippen LogP contribution in [0.4, 0.5) is 5.82 Å². The number of carbonyl (C=O) groups excluding carboxylic acids is 1. The number of aromatic nitrogens is 1. The van der Waals surface area contributed by atoms with Gasteiger partial charge in [-0.25, -0.2) is 4.98 Å². The molecule has 0 spiro atoms. The van der Waals surface area contributed by atoms with Crippen molar-refractivity contribution >= 4 is 23.3 Å². The molecule has 0 aromatic carbocycles. The standard InChI is InChI=1S/C15H22ClN3O/c1-4-17-13-8-11(12(16)9-18-13)14(20)19-7-5-6-15(2,3)10-19/h8-9H,4-7,10H2,1-3H3,(H,17,18). The van der Waals surface area contributed by atoms with Crippen LogP contribution in [0.2, 0.25) is 5.02 Å². The second-order valence-corrected chi connectivity index (χ2v) is 6.48. The average molecular weight is 296 g/mol. The average Bonchev–Trinajstić information content (AvgIpc) is 2.39. The molecule has 1 fully saturated rings. The van der Waals surface area contributed by atoms with E-state index >= 15 is 0 Å². The highest BCUT2D eigenvalue weighted by atomic mass is 35.5. The lowest BCUT2D eigenvalue weighted by molar-refractivity contribution is 0.0583. The minimum absolute atomic E-state index is 0.00401. The van der Waals surface area contributed by atoms with Crippen LogP contribution in [-0.4, -0.2) is 35.4 Å². The van der Waals surface area contributed by atoms with Gasteiger partial charge in [0.1, 0.15) is 5.82 Å². The fourth-order valence-corrected chi connectivity index (χ4v) is 2.83. The van der Waals surface area contributed by atoms with Gasteiger partial charge in [0.05, 0.1) is 10.6 Å². The molecule has 4 nitrogen and oxygen atoms in total. The summed E-state index contributed by atoms with van der Waals surface area (Å²) in [4.78, 5) is 18.7. The Labute approximate surface area is 125 Å². The van der Waals surface area contributed by atoms with Crippen molar-refractivity contribution in [1.82, 2.24) is 9.88 Å². The van der Waals surface area contributed by atoms with Gasteiger partial charge in [-0.15, -0.1) is 0 Å². The Morgan fingerprint density at radius 1 is 1.55 bits per heavy atom. The minimum atomic E-state index is 0.00401. The summed E-state index contributed by atoms with van der Waals surface area (Å²) in [5.41, 5.74) is 0.716. The van der Waals surface area contributed by atoms with Gasteiger partial charge in [-0.1, -0.05) is 25.4 Å². The maximum absolute atomic E-state index is 12.7. The summed E-state index contributed by atoms with van der Waals surface area (Å²) >= 11 is 6.14. The molecule has 0 atom stereocenters. The smallest absolute Gasteiger partial charge is 0.255 e. The van der Waals surface area contributed by atoms with E-state index in [9.17, 15) is 4.79 Å². The first-order valence-corrected chi connectivity index (χ1v) is 7.49. The summed E-state index contributed by atoms with van der Waals surface area (Å²) in [5, 5.41) is 3.53. The van der Waals surface area contributed by atoms with E-state index in [1.807, 2.05) is 11.8 Å². The number of anilines is 1. The lowest BCUT2D eigenvalue weighted by Gasteiger charge is -2.38. The SMILES string of the molecule is CCNc1cc(C(=O)N2CCCC(C)(C)C2)c(Cl)cn1. The van der Waals surface area contributed by atoms with E-state index in [2.05, 4.69) is 24.1 Å². The van der Waals surface area contributed by atoms with Crippen LogP contribution in [0.3, 0.4) is 0 Å². The monoisotopic (exact) mass is 295 g/mol. The van der Waals surface area contributed by atoms with Crippen LogP contribution in [0.5, 0.6) is 0 Å². The van der Waals surface area contributed by atoms with E-state index in [1.54, 1.807) is 12.3 Å².